The maximum Gasteiger partial charge on any atom is 0.253 e. The van der Waals surface area contributed by atoms with E-state index in [2.05, 4.69) is 20.0 Å². The van der Waals surface area contributed by atoms with E-state index in [1.165, 1.54) is 26.0 Å². The first-order valence-corrected chi connectivity index (χ1v) is 14.2. The van der Waals surface area contributed by atoms with Crippen LogP contribution in [0.2, 0.25) is 0 Å². The topological polar surface area (TPSA) is 104 Å². The molecule has 1 fully saturated rings. The summed E-state index contributed by atoms with van der Waals surface area (Å²) in [6.45, 7) is 2.28. The molecule has 0 bridgehead atoms. The van der Waals surface area contributed by atoms with Gasteiger partial charge in [-0.1, -0.05) is 0 Å². The van der Waals surface area contributed by atoms with E-state index in [1.807, 2.05) is 12.1 Å². The second kappa shape index (κ2) is 8.84. The van der Waals surface area contributed by atoms with Crippen LogP contribution in [0.4, 0.5) is 8.78 Å². The quantitative estimate of drug-likeness (QED) is 0.319. The minimum absolute atomic E-state index is 0.129. The molecule has 2 aliphatic rings. The Morgan fingerprint density at radius 2 is 1.95 bits per heavy atom. The number of H-pyrrole nitrogens is 1. The molecule has 2 aromatic heterocycles. The lowest BCUT2D eigenvalue weighted by atomic mass is 10.0. The first-order chi connectivity index (χ1) is 18.0. The number of carbonyl (C=O) groups excluding carboxylic acids is 1. The normalized spacial score (nSPS) is 17.7. The summed E-state index contributed by atoms with van der Waals surface area (Å²) in [6.07, 6.45) is 6.00. The van der Waals surface area contributed by atoms with E-state index in [9.17, 15) is 22.0 Å². The van der Waals surface area contributed by atoms with Gasteiger partial charge in [0.2, 0.25) is 10.0 Å². The fourth-order valence-corrected chi connectivity index (χ4v) is 6.94. The smallest absolute Gasteiger partial charge is 0.253 e. The van der Waals surface area contributed by atoms with Crippen molar-refractivity contribution in [2.75, 3.05) is 6.54 Å². The van der Waals surface area contributed by atoms with E-state index in [0.29, 0.717) is 51.6 Å². The van der Waals surface area contributed by atoms with Crippen molar-refractivity contribution < 1.29 is 22.0 Å². The summed E-state index contributed by atoms with van der Waals surface area (Å²) < 4.78 is 57.8. The number of nitrogens with one attached hydrogen (secondary N) is 3. The molecule has 0 spiro atoms. The zero-order valence-electron chi connectivity index (χ0n) is 21.1. The summed E-state index contributed by atoms with van der Waals surface area (Å²) in [5.41, 5.74) is 1.51. The van der Waals surface area contributed by atoms with E-state index in [4.69, 9.17) is 0 Å². The summed E-state index contributed by atoms with van der Waals surface area (Å²) in [5, 5.41) is 4.72. The molecule has 7 nitrogen and oxygen atoms in total. The third kappa shape index (κ3) is 4.67. The van der Waals surface area contributed by atoms with Crippen molar-refractivity contribution in [2.45, 2.75) is 62.1 Å². The Bertz CT molecular complexity index is 1700. The van der Waals surface area contributed by atoms with Crippen LogP contribution in [0, 0.1) is 5.82 Å². The largest absolute Gasteiger partial charge is 0.360 e. The second-order valence-electron chi connectivity index (χ2n) is 11.0. The molecule has 6 rings (SSSR count). The molecular formula is C28H28F2N4O3S. The number of carbonyl (C=O) groups is 1. The Morgan fingerprint density at radius 1 is 1.16 bits per heavy atom. The van der Waals surface area contributed by atoms with Crippen LogP contribution in [-0.4, -0.2) is 42.5 Å². The molecule has 4 aromatic rings. The number of halogens is 2. The number of sulfonamides is 1. The maximum absolute atomic E-state index is 14.3. The van der Waals surface area contributed by atoms with Crippen molar-refractivity contribution in [1.82, 2.24) is 20.0 Å². The van der Waals surface area contributed by atoms with Gasteiger partial charge >= 0.3 is 0 Å². The Labute approximate surface area is 219 Å². The molecule has 10 heteroatoms. The third-order valence-electron chi connectivity index (χ3n) is 7.28. The summed E-state index contributed by atoms with van der Waals surface area (Å²) >= 11 is 0. The van der Waals surface area contributed by atoms with Crippen molar-refractivity contribution in [2.24, 2.45) is 0 Å². The Morgan fingerprint density at radius 3 is 2.68 bits per heavy atom. The lowest BCUT2D eigenvalue weighted by Crippen LogP contribution is -2.36. The maximum atomic E-state index is 14.3. The summed E-state index contributed by atoms with van der Waals surface area (Å²) in [6, 6.07) is 7.61. The highest BCUT2D eigenvalue weighted by Crippen LogP contribution is 2.42. The van der Waals surface area contributed by atoms with Crippen molar-refractivity contribution >= 4 is 37.6 Å². The highest BCUT2D eigenvalue weighted by molar-refractivity contribution is 7.89. The number of aromatic nitrogens is 2. The van der Waals surface area contributed by atoms with Crippen LogP contribution in [0.1, 0.15) is 59.8 Å². The van der Waals surface area contributed by atoms with Crippen LogP contribution in [0.5, 0.6) is 0 Å². The molecule has 0 unspecified atom stereocenters. The predicted octanol–water partition coefficient (Wildman–Crippen LogP) is 4.66. The van der Waals surface area contributed by atoms with Gasteiger partial charge in [0.15, 0.2) is 0 Å². The van der Waals surface area contributed by atoms with Crippen LogP contribution in [0.3, 0.4) is 0 Å². The van der Waals surface area contributed by atoms with Gasteiger partial charge in [0.05, 0.1) is 10.5 Å². The number of rotatable bonds is 7. The minimum atomic E-state index is -4.07. The molecule has 2 aromatic carbocycles. The molecule has 1 atom stereocenters. The number of nitrogens with zero attached hydrogens (tertiary/aromatic N) is 1. The molecular weight excluding hydrogens is 510 g/mol. The van der Waals surface area contributed by atoms with E-state index in [0.717, 1.165) is 24.1 Å². The number of alkyl halides is 1. The summed E-state index contributed by atoms with van der Waals surface area (Å²) in [4.78, 5) is 20.8. The Kier molecular flexibility index (Phi) is 5.80. The lowest BCUT2D eigenvalue weighted by molar-refractivity contribution is 0.0940. The standard InChI is InChI=1S/C28H28F2N4O3S/c1-28(2,30)14-33-38(36,37)26-20-10-19(34-27(35)23-13-32-24-6-5-18(29)9-22(23)24)8-16(20)7-17-12-31-25(11-21(17)26)15-3-4-15/h5-7,9,11-13,15,19,32-33H,3-4,8,10,14H2,1-2H3,(H,34,35)/t19-/m1/s1. The van der Waals surface area contributed by atoms with Crippen LogP contribution >= 0.6 is 0 Å². The summed E-state index contributed by atoms with van der Waals surface area (Å²) in [7, 11) is -4.07. The molecule has 2 heterocycles. The first-order valence-electron chi connectivity index (χ1n) is 12.7. The number of hydrogen-bond donors (Lipinski definition) is 3. The monoisotopic (exact) mass is 538 g/mol. The van der Waals surface area contributed by atoms with E-state index in [-0.39, 0.29) is 23.4 Å². The van der Waals surface area contributed by atoms with Gasteiger partial charge in [0.1, 0.15) is 11.5 Å². The number of fused-ring (bicyclic) bond motifs is 3. The van der Waals surface area contributed by atoms with Gasteiger partial charge < -0.3 is 10.3 Å². The zero-order valence-corrected chi connectivity index (χ0v) is 21.9. The van der Waals surface area contributed by atoms with Crippen LogP contribution < -0.4 is 10.0 Å². The van der Waals surface area contributed by atoms with Gasteiger partial charge in [-0.05, 0) is 81.0 Å². The van der Waals surface area contributed by atoms with E-state index < -0.39 is 21.5 Å². The number of hydrogen-bond acceptors (Lipinski definition) is 4. The van der Waals surface area contributed by atoms with E-state index in [1.54, 1.807) is 18.5 Å². The molecule has 3 N–H and O–H groups in total. The molecule has 0 saturated heterocycles. The number of benzene rings is 2. The van der Waals surface area contributed by atoms with Crippen LogP contribution in [0.25, 0.3) is 21.7 Å². The average molecular weight is 539 g/mol. The SMILES string of the molecule is CC(C)(F)CNS(=O)(=O)c1c2c(cc3cnc(C4CC4)cc13)C[C@@H](NC(=O)c1c[nH]c3ccc(F)cc13)C2. The van der Waals surface area contributed by atoms with Gasteiger partial charge in [0, 0.05) is 58.3 Å². The van der Waals surface area contributed by atoms with Gasteiger partial charge in [0.25, 0.3) is 5.91 Å². The molecule has 0 aliphatic heterocycles. The first kappa shape index (κ1) is 24.9. The number of aromatic amines is 1. The summed E-state index contributed by atoms with van der Waals surface area (Å²) in [5.74, 6) is -0.485. The fourth-order valence-electron chi connectivity index (χ4n) is 5.26. The van der Waals surface area contributed by atoms with Crippen molar-refractivity contribution in [3.63, 3.8) is 0 Å². The predicted molar refractivity (Wildman–Crippen MR) is 141 cm³/mol. The molecule has 38 heavy (non-hydrogen) atoms. The highest BCUT2D eigenvalue weighted by Gasteiger charge is 2.34. The average Bonchev–Trinajstić information content (AvgIpc) is 3.50. The van der Waals surface area contributed by atoms with Gasteiger partial charge in [-0.3, -0.25) is 9.78 Å². The Hall–Kier alpha value is -3.37. The molecule has 0 radical (unpaired) electrons. The van der Waals surface area contributed by atoms with Crippen LogP contribution in [0.15, 0.2) is 47.6 Å². The molecule has 2 aliphatic carbocycles. The third-order valence-corrected chi connectivity index (χ3v) is 8.81. The van der Waals surface area contributed by atoms with Gasteiger partial charge in [-0.2, -0.15) is 0 Å². The van der Waals surface area contributed by atoms with Crippen molar-refractivity contribution in [3.05, 3.63) is 70.9 Å². The molecule has 1 saturated carbocycles. The fraction of sp³-hybridized carbons (Fsp3) is 0.357. The van der Waals surface area contributed by atoms with E-state index >= 15 is 0 Å². The number of pyridine rings is 1. The van der Waals surface area contributed by atoms with Gasteiger partial charge in [-0.25, -0.2) is 21.9 Å². The second-order valence-corrected chi connectivity index (χ2v) is 12.7. The molecule has 198 valence electrons. The van der Waals surface area contributed by atoms with Gasteiger partial charge in [-0.15, -0.1) is 0 Å². The molecule has 1 amide bonds. The Balaban J connectivity index is 1.36. The highest BCUT2D eigenvalue weighted by atomic mass is 32.2. The minimum Gasteiger partial charge on any atom is -0.360 e. The van der Waals surface area contributed by atoms with Crippen molar-refractivity contribution in [3.8, 4) is 0 Å². The zero-order chi connectivity index (χ0) is 26.8. The van der Waals surface area contributed by atoms with Crippen LogP contribution in [-0.2, 0) is 22.9 Å². The lowest BCUT2D eigenvalue weighted by Gasteiger charge is -2.18. The van der Waals surface area contributed by atoms with Crippen molar-refractivity contribution in [1.29, 1.82) is 0 Å². The number of amides is 1.